The lowest BCUT2D eigenvalue weighted by Crippen LogP contribution is -2.39. The molecular weight excluding hydrogens is 447 g/mol. The van der Waals surface area contributed by atoms with E-state index in [-0.39, 0.29) is 11.8 Å². The highest BCUT2D eigenvalue weighted by atomic mass is 32.1. The number of aryl methyl sites for hydroxylation is 2. The number of nitrogens with zero attached hydrogens (tertiary/aromatic N) is 3. The first-order chi connectivity index (χ1) is 15.7. The van der Waals surface area contributed by atoms with Gasteiger partial charge >= 0.3 is 6.18 Å². The van der Waals surface area contributed by atoms with Crippen LogP contribution in [0.5, 0.6) is 0 Å². The molecule has 1 unspecified atom stereocenters. The summed E-state index contributed by atoms with van der Waals surface area (Å²) in [4.78, 5) is 20.1. The average molecular weight is 470 g/mol. The summed E-state index contributed by atoms with van der Waals surface area (Å²) in [6.07, 6.45) is -2.60. The number of alkyl halides is 3. The van der Waals surface area contributed by atoms with E-state index in [4.69, 9.17) is 0 Å². The van der Waals surface area contributed by atoms with Crippen molar-refractivity contribution in [2.45, 2.75) is 38.8 Å². The maximum atomic E-state index is 13.3. The molecule has 4 rings (SSSR count). The largest absolute Gasteiger partial charge is 0.416 e. The summed E-state index contributed by atoms with van der Waals surface area (Å²) in [5.41, 5.74) is 3.04. The summed E-state index contributed by atoms with van der Waals surface area (Å²) in [5, 5.41) is 9.86. The van der Waals surface area contributed by atoms with Gasteiger partial charge in [-0.2, -0.15) is 18.4 Å². The third-order valence-electron chi connectivity index (χ3n) is 6.01. The molecule has 33 heavy (non-hydrogen) atoms. The van der Waals surface area contributed by atoms with Crippen LogP contribution < -0.4 is 0 Å². The first-order valence-corrected chi connectivity index (χ1v) is 11.4. The van der Waals surface area contributed by atoms with E-state index >= 15 is 0 Å². The number of carbonyl (C=O) groups is 1. The van der Waals surface area contributed by atoms with E-state index in [1.807, 2.05) is 30.0 Å². The maximum absolute atomic E-state index is 13.3. The van der Waals surface area contributed by atoms with E-state index in [0.29, 0.717) is 39.8 Å². The molecular formula is C25H22F3N3OS. The van der Waals surface area contributed by atoms with Gasteiger partial charge in [-0.1, -0.05) is 24.3 Å². The minimum Gasteiger partial charge on any atom is -0.337 e. The number of hydrogen-bond donors (Lipinski definition) is 0. The van der Waals surface area contributed by atoms with E-state index in [2.05, 4.69) is 11.1 Å². The zero-order valence-corrected chi connectivity index (χ0v) is 19.1. The summed E-state index contributed by atoms with van der Waals surface area (Å²) < 4.78 is 38.5. The standard InChI is InChI=1S/C25H22F3N3OS/c1-15-5-6-18(12-20(15)13-29)19-4-3-11-31(14-19)24(32)22-16(2)30-23(33-22)17-7-9-21(10-8-17)25(26,27)28/h5-10,12,19H,3-4,11,14H2,1-2H3. The van der Waals surface area contributed by atoms with Crippen molar-refractivity contribution >= 4 is 17.2 Å². The van der Waals surface area contributed by atoms with Crippen LogP contribution in [0.4, 0.5) is 13.2 Å². The second kappa shape index (κ2) is 8.99. The number of aromatic nitrogens is 1. The van der Waals surface area contributed by atoms with Crippen LogP contribution in [0.2, 0.25) is 0 Å². The molecule has 3 aromatic rings. The van der Waals surface area contributed by atoms with Gasteiger partial charge in [0.1, 0.15) is 9.88 Å². The van der Waals surface area contributed by atoms with Gasteiger partial charge in [0, 0.05) is 24.6 Å². The van der Waals surface area contributed by atoms with Crippen LogP contribution in [-0.4, -0.2) is 28.9 Å². The van der Waals surface area contributed by atoms with E-state index in [1.54, 1.807) is 6.92 Å². The number of amides is 1. The molecule has 0 radical (unpaired) electrons. The number of halogens is 3. The fourth-order valence-electron chi connectivity index (χ4n) is 4.11. The number of thiazole rings is 1. The van der Waals surface area contributed by atoms with Gasteiger partial charge in [0.2, 0.25) is 0 Å². The average Bonchev–Trinajstić information content (AvgIpc) is 3.20. The Hall–Kier alpha value is -3.18. The Bertz CT molecular complexity index is 1230. The summed E-state index contributed by atoms with van der Waals surface area (Å²) >= 11 is 1.21. The van der Waals surface area contributed by atoms with E-state index < -0.39 is 11.7 Å². The lowest BCUT2D eigenvalue weighted by atomic mass is 9.89. The smallest absolute Gasteiger partial charge is 0.337 e. The third-order valence-corrected chi connectivity index (χ3v) is 7.21. The van der Waals surface area contributed by atoms with Gasteiger partial charge in [-0.05, 0) is 56.0 Å². The normalized spacial score (nSPS) is 16.5. The molecule has 1 aliphatic heterocycles. The summed E-state index contributed by atoms with van der Waals surface area (Å²) in [6.45, 7) is 4.84. The molecule has 1 saturated heterocycles. The molecule has 2 heterocycles. The highest BCUT2D eigenvalue weighted by molar-refractivity contribution is 7.17. The zero-order valence-electron chi connectivity index (χ0n) is 18.2. The quantitative estimate of drug-likeness (QED) is 0.450. The number of benzene rings is 2. The summed E-state index contributed by atoms with van der Waals surface area (Å²) in [7, 11) is 0. The number of rotatable bonds is 3. The molecule has 8 heteroatoms. The third kappa shape index (κ3) is 4.79. The van der Waals surface area contributed by atoms with E-state index in [9.17, 15) is 23.2 Å². The Balaban J connectivity index is 1.53. The van der Waals surface area contributed by atoms with Crippen molar-refractivity contribution < 1.29 is 18.0 Å². The van der Waals surface area contributed by atoms with Crippen molar-refractivity contribution in [1.29, 1.82) is 5.26 Å². The van der Waals surface area contributed by atoms with Crippen molar-refractivity contribution in [2.24, 2.45) is 0 Å². The first kappa shape index (κ1) is 23.0. The molecule has 170 valence electrons. The van der Waals surface area contributed by atoms with Crippen LogP contribution in [0.15, 0.2) is 42.5 Å². The van der Waals surface area contributed by atoms with Crippen LogP contribution >= 0.6 is 11.3 Å². The SMILES string of the molecule is Cc1ccc(C2CCCN(C(=O)c3sc(-c4ccc(C(F)(F)F)cc4)nc3C)C2)cc1C#N. The van der Waals surface area contributed by atoms with Crippen molar-refractivity contribution in [2.75, 3.05) is 13.1 Å². The predicted molar refractivity (Wildman–Crippen MR) is 121 cm³/mol. The molecule has 0 aliphatic carbocycles. The zero-order chi connectivity index (χ0) is 23.8. The number of hydrogen-bond acceptors (Lipinski definition) is 4. The Kier molecular flexibility index (Phi) is 6.26. The second-order valence-electron chi connectivity index (χ2n) is 8.29. The predicted octanol–water partition coefficient (Wildman–Crippen LogP) is 6.34. The highest BCUT2D eigenvalue weighted by Crippen LogP contribution is 2.34. The lowest BCUT2D eigenvalue weighted by Gasteiger charge is -2.33. The van der Waals surface area contributed by atoms with Crippen LogP contribution in [-0.2, 0) is 6.18 Å². The highest BCUT2D eigenvalue weighted by Gasteiger charge is 2.31. The monoisotopic (exact) mass is 469 g/mol. The molecule has 1 atom stereocenters. The molecule has 0 spiro atoms. The fourth-order valence-corrected chi connectivity index (χ4v) is 5.15. The van der Waals surface area contributed by atoms with Crippen molar-refractivity contribution in [3.63, 3.8) is 0 Å². The Morgan fingerprint density at radius 2 is 1.91 bits per heavy atom. The second-order valence-corrected chi connectivity index (χ2v) is 9.28. The fraction of sp³-hybridized carbons (Fsp3) is 0.320. The van der Waals surface area contributed by atoms with Crippen molar-refractivity contribution in [1.82, 2.24) is 9.88 Å². The molecule has 1 aliphatic rings. The molecule has 1 fully saturated rings. The number of piperidine rings is 1. The summed E-state index contributed by atoms with van der Waals surface area (Å²) in [6, 6.07) is 12.9. The van der Waals surface area contributed by atoms with Gasteiger partial charge in [-0.25, -0.2) is 4.98 Å². The molecule has 4 nitrogen and oxygen atoms in total. The number of carbonyl (C=O) groups excluding carboxylic acids is 1. The first-order valence-electron chi connectivity index (χ1n) is 10.6. The van der Waals surface area contributed by atoms with Crippen LogP contribution in [0, 0.1) is 25.2 Å². The van der Waals surface area contributed by atoms with Gasteiger partial charge in [-0.3, -0.25) is 4.79 Å². The number of nitriles is 1. The summed E-state index contributed by atoms with van der Waals surface area (Å²) in [5.74, 6) is 0.0403. The van der Waals surface area contributed by atoms with Crippen LogP contribution in [0.1, 0.15) is 56.4 Å². The van der Waals surface area contributed by atoms with Gasteiger partial charge in [0.15, 0.2) is 0 Å². The molecule has 0 bridgehead atoms. The van der Waals surface area contributed by atoms with Crippen LogP contribution in [0.25, 0.3) is 10.6 Å². The van der Waals surface area contributed by atoms with Gasteiger partial charge in [0.05, 0.1) is 22.9 Å². The molecule has 2 aromatic carbocycles. The molecule has 1 amide bonds. The van der Waals surface area contributed by atoms with Gasteiger partial charge < -0.3 is 4.90 Å². The Morgan fingerprint density at radius 1 is 1.18 bits per heavy atom. The van der Waals surface area contributed by atoms with Gasteiger partial charge in [0.25, 0.3) is 5.91 Å². The topological polar surface area (TPSA) is 57.0 Å². The maximum Gasteiger partial charge on any atom is 0.416 e. The van der Waals surface area contributed by atoms with Crippen molar-refractivity contribution in [3.8, 4) is 16.6 Å². The van der Waals surface area contributed by atoms with Crippen LogP contribution in [0.3, 0.4) is 0 Å². The molecule has 0 saturated carbocycles. The molecule has 1 aromatic heterocycles. The lowest BCUT2D eigenvalue weighted by molar-refractivity contribution is -0.137. The Morgan fingerprint density at radius 3 is 2.58 bits per heavy atom. The van der Waals surface area contributed by atoms with Crippen molar-refractivity contribution in [3.05, 3.63) is 75.3 Å². The number of likely N-dealkylation sites (tertiary alicyclic amines) is 1. The molecule has 0 N–H and O–H groups in total. The Labute approximate surface area is 194 Å². The van der Waals surface area contributed by atoms with Gasteiger partial charge in [-0.15, -0.1) is 11.3 Å². The minimum absolute atomic E-state index is 0.111. The van der Waals surface area contributed by atoms with E-state index in [1.165, 1.54) is 23.5 Å². The minimum atomic E-state index is -4.39. The van der Waals surface area contributed by atoms with E-state index in [0.717, 1.165) is 36.1 Å².